The van der Waals surface area contributed by atoms with Crippen LogP contribution in [0, 0.1) is 0 Å². The van der Waals surface area contributed by atoms with E-state index < -0.39 is 0 Å². The van der Waals surface area contributed by atoms with Gasteiger partial charge >= 0.3 is 0 Å². The second-order valence-corrected chi connectivity index (χ2v) is 7.84. The Morgan fingerprint density at radius 1 is 1.28 bits per heavy atom. The normalized spacial score (nSPS) is 22.0. The molecule has 2 saturated heterocycles. The van der Waals surface area contributed by atoms with Gasteiger partial charge in [0.25, 0.3) is 0 Å². The van der Waals surface area contributed by atoms with E-state index in [0.29, 0.717) is 12.6 Å². The van der Waals surface area contributed by atoms with Gasteiger partial charge in [0.05, 0.1) is 31.6 Å². The quantitative estimate of drug-likeness (QED) is 0.334. The van der Waals surface area contributed by atoms with Crippen molar-refractivity contribution in [2.75, 3.05) is 52.5 Å². The van der Waals surface area contributed by atoms with Crippen LogP contribution in [0.4, 0.5) is 0 Å². The van der Waals surface area contributed by atoms with Crippen LogP contribution in [-0.4, -0.2) is 69.5 Å². The van der Waals surface area contributed by atoms with Gasteiger partial charge in [-0.15, -0.1) is 0 Å². The zero-order valence-electron chi connectivity index (χ0n) is 17.9. The fourth-order valence-corrected chi connectivity index (χ4v) is 3.99. The molecule has 2 aliphatic heterocycles. The highest BCUT2D eigenvalue weighted by Gasteiger charge is 2.24. The van der Waals surface area contributed by atoms with Crippen molar-refractivity contribution in [3.63, 3.8) is 0 Å². The van der Waals surface area contributed by atoms with E-state index in [0.717, 1.165) is 77.0 Å². The summed E-state index contributed by atoms with van der Waals surface area (Å²) in [5.41, 5.74) is 0. The Morgan fingerprint density at radius 3 is 2.90 bits per heavy atom. The van der Waals surface area contributed by atoms with Crippen LogP contribution in [-0.2, 0) is 9.47 Å². The molecule has 3 rings (SSSR count). The summed E-state index contributed by atoms with van der Waals surface area (Å²) in [6.45, 7) is 9.05. The Balaban J connectivity index is 1.43. The summed E-state index contributed by atoms with van der Waals surface area (Å²) in [5.74, 6) is 1.87. The van der Waals surface area contributed by atoms with E-state index in [9.17, 15) is 0 Å². The van der Waals surface area contributed by atoms with Gasteiger partial charge in [-0.05, 0) is 64.3 Å². The maximum Gasteiger partial charge on any atom is 0.191 e. The molecule has 0 spiro atoms. The van der Waals surface area contributed by atoms with E-state index in [-0.39, 0.29) is 6.04 Å². The number of hydrogen-bond acceptors (Lipinski definition) is 5. The average Bonchev–Trinajstić information content (AvgIpc) is 3.46. The molecule has 0 bridgehead atoms. The van der Waals surface area contributed by atoms with Gasteiger partial charge in [-0.3, -0.25) is 9.89 Å². The molecule has 3 heterocycles. The number of likely N-dealkylation sites (tertiary alicyclic amines) is 1. The largest absolute Gasteiger partial charge is 0.468 e. The molecule has 2 atom stereocenters. The third-order valence-electron chi connectivity index (χ3n) is 5.56. The van der Waals surface area contributed by atoms with Gasteiger partial charge in [-0.25, -0.2) is 0 Å². The minimum absolute atomic E-state index is 0.204. The first kappa shape index (κ1) is 22.1. The van der Waals surface area contributed by atoms with Crippen LogP contribution in [0.15, 0.2) is 27.8 Å². The van der Waals surface area contributed by atoms with Crippen molar-refractivity contribution < 1.29 is 13.9 Å². The predicted octanol–water partition coefficient (Wildman–Crippen LogP) is 2.95. The maximum absolute atomic E-state index is 5.74. The third kappa shape index (κ3) is 7.64. The predicted molar refractivity (Wildman–Crippen MR) is 115 cm³/mol. The molecule has 1 aromatic rings. The zero-order valence-corrected chi connectivity index (χ0v) is 17.9. The summed E-state index contributed by atoms with van der Waals surface area (Å²) in [4.78, 5) is 7.37. The second kappa shape index (κ2) is 12.9. The van der Waals surface area contributed by atoms with Gasteiger partial charge in [0.2, 0.25) is 0 Å². The average molecular weight is 407 g/mol. The third-order valence-corrected chi connectivity index (χ3v) is 5.56. The number of rotatable bonds is 11. The molecule has 0 saturated carbocycles. The number of aliphatic imine (C=N–C) groups is 1. The number of nitrogens with one attached hydrogen (secondary N) is 2. The molecule has 164 valence electrons. The summed E-state index contributed by atoms with van der Waals surface area (Å²) < 4.78 is 17.1. The van der Waals surface area contributed by atoms with Crippen LogP contribution >= 0.6 is 0 Å². The molecule has 29 heavy (non-hydrogen) atoms. The molecule has 7 heteroatoms. The van der Waals surface area contributed by atoms with E-state index in [1.54, 1.807) is 6.26 Å². The highest BCUT2D eigenvalue weighted by Crippen LogP contribution is 2.25. The highest BCUT2D eigenvalue weighted by atomic mass is 16.5. The Kier molecular flexibility index (Phi) is 9.82. The molecule has 1 aromatic heterocycles. The first-order valence-electron chi connectivity index (χ1n) is 11.4. The van der Waals surface area contributed by atoms with Gasteiger partial charge in [0.1, 0.15) is 5.76 Å². The summed E-state index contributed by atoms with van der Waals surface area (Å²) in [6, 6.07) is 4.24. The number of nitrogens with zero attached hydrogens (tertiary/aromatic N) is 2. The molecule has 7 nitrogen and oxygen atoms in total. The maximum atomic E-state index is 5.74. The number of piperidine rings is 1. The summed E-state index contributed by atoms with van der Waals surface area (Å²) in [7, 11) is 0. The van der Waals surface area contributed by atoms with Gasteiger partial charge in [-0.2, -0.15) is 0 Å². The topological polar surface area (TPSA) is 71.3 Å². The van der Waals surface area contributed by atoms with Crippen LogP contribution in [0.25, 0.3) is 0 Å². The number of ether oxygens (including phenoxy) is 2. The van der Waals surface area contributed by atoms with Crippen LogP contribution in [0.2, 0.25) is 0 Å². The van der Waals surface area contributed by atoms with E-state index >= 15 is 0 Å². The van der Waals surface area contributed by atoms with Gasteiger partial charge < -0.3 is 24.5 Å². The van der Waals surface area contributed by atoms with Crippen molar-refractivity contribution in [2.24, 2.45) is 4.99 Å². The van der Waals surface area contributed by atoms with Crippen LogP contribution in [0.3, 0.4) is 0 Å². The lowest BCUT2D eigenvalue weighted by Crippen LogP contribution is -2.40. The van der Waals surface area contributed by atoms with Gasteiger partial charge in [-0.1, -0.05) is 6.42 Å². The van der Waals surface area contributed by atoms with Crippen molar-refractivity contribution in [1.82, 2.24) is 15.5 Å². The number of guanidine groups is 1. The van der Waals surface area contributed by atoms with Crippen molar-refractivity contribution in [1.29, 1.82) is 0 Å². The molecule has 0 aromatic carbocycles. The smallest absolute Gasteiger partial charge is 0.191 e. The summed E-state index contributed by atoms with van der Waals surface area (Å²) in [6.07, 6.45) is 9.13. The monoisotopic (exact) mass is 406 g/mol. The van der Waals surface area contributed by atoms with Crippen LogP contribution in [0.1, 0.15) is 57.3 Å². The number of furan rings is 1. The van der Waals surface area contributed by atoms with E-state index in [2.05, 4.69) is 28.5 Å². The lowest BCUT2D eigenvalue weighted by atomic mass is 10.1. The standard InChI is InChI=1S/C22H38N4O3/c1-2-23-22(24-11-8-14-27-18-19-9-6-15-28-19)25-17-20(21-10-7-16-29-21)26-12-4-3-5-13-26/h7,10,16,19-20H,2-6,8-9,11-15,17-18H2,1H3,(H2,23,24,25). The van der Waals surface area contributed by atoms with Crippen LogP contribution < -0.4 is 10.6 Å². The molecule has 2 N–H and O–H groups in total. The molecule has 0 radical (unpaired) electrons. The molecular formula is C22H38N4O3. The molecule has 0 amide bonds. The highest BCUT2D eigenvalue weighted by molar-refractivity contribution is 5.79. The zero-order chi connectivity index (χ0) is 20.2. The molecule has 2 unspecified atom stereocenters. The Hall–Kier alpha value is -1.57. The van der Waals surface area contributed by atoms with Crippen molar-refractivity contribution in [2.45, 2.75) is 57.6 Å². The fourth-order valence-electron chi connectivity index (χ4n) is 3.99. The minimum Gasteiger partial charge on any atom is -0.468 e. The second-order valence-electron chi connectivity index (χ2n) is 7.84. The van der Waals surface area contributed by atoms with E-state index in [4.69, 9.17) is 18.9 Å². The van der Waals surface area contributed by atoms with Gasteiger partial charge in [0, 0.05) is 26.3 Å². The lowest BCUT2D eigenvalue weighted by Gasteiger charge is -2.32. The van der Waals surface area contributed by atoms with Gasteiger partial charge in [0.15, 0.2) is 5.96 Å². The Labute approximate surface area is 175 Å². The Bertz CT molecular complexity index is 567. The molecule has 2 aliphatic rings. The Morgan fingerprint density at radius 2 is 2.17 bits per heavy atom. The van der Waals surface area contributed by atoms with E-state index in [1.165, 1.54) is 19.3 Å². The van der Waals surface area contributed by atoms with Crippen LogP contribution in [0.5, 0.6) is 0 Å². The first-order chi connectivity index (χ1) is 14.4. The summed E-state index contributed by atoms with van der Waals surface area (Å²) >= 11 is 0. The fraction of sp³-hybridized carbons (Fsp3) is 0.773. The first-order valence-corrected chi connectivity index (χ1v) is 11.4. The van der Waals surface area contributed by atoms with Crippen molar-refractivity contribution in [3.8, 4) is 0 Å². The lowest BCUT2D eigenvalue weighted by molar-refractivity contribution is 0.0168. The van der Waals surface area contributed by atoms with E-state index in [1.807, 2.05) is 6.07 Å². The molecular weight excluding hydrogens is 368 g/mol. The SMILES string of the molecule is CCNC(=NCC(c1ccco1)N1CCCCC1)NCCCOCC1CCCO1. The van der Waals surface area contributed by atoms with Crippen molar-refractivity contribution >= 4 is 5.96 Å². The number of hydrogen-bond donors (Lipinski definition) is 2. The summed E-state index contributed by atoms with van der Waals surface area (Å²) in [5, 5.41) is 6.78. The van der Waals surface area contributed by atoms with Crippen molar-refractivity contribution in [3.05, 3.63) is 24.2 Å². The minimum atomic E-state index is 0.204. The molecule has 2 fully saturated rings. The molecule has 0 aliphatic carbocycles.